The minimum absolute atomic E-state index is 0.0702. The quantitative estimate of drug-likeness (QED) is 0.261. The third-order valence-corrected chi connectivity index (χ3v) is 7.80. The molecule has 0 spiro atoms. The highest BCUT2D eigenvalue weighted by Gasteiger charge is 2.18. The van der Waals surface area contributed by atoms with E-state index < -0.39 is 0 Å². The van der Waals surface area contributed by atoms with Crippen LogP contribution < -0.4 is 21.3 Å². The van der Waals surface area contributed by atoms with Crippen molar-refractivity contribution in [1.82, 2.24) is 10.6 Å². The molecule has 0 atom stereocenters. The fourth-order valence-electron chi connectivity index (χ4n) is 5.46. The summed E-state index contributed by atoms with van der Waals surface area (Å²) in [5, 5.41) is 11.9. The van der Waals surface area contributed by atoms with Crippen LogP contribution in [0.15, 0.2) is 48.5 Å². The molecule has 214 valence electrons. The van der Waals surface area contributed by atoms with E-state index >= 15 is 0 Å². The molecule has 0 saturated heterocycles. The van der Waals surface area contributed by atoms with E-state index in [1.165, 1.54) is 12.8 Å². The highest BCUT2D eigenvalue weighted by atomic mass is 16.2. The van der Waals surface area contributed by atoms with Gasteiger partial charge >= 0.3 is 0 Å². The third kappa shape index (κ3) is 9.50. The standard InChI is InChI=1S/C32H42N4O4/c37-29(33-27-19-15-23(16-20-27)31(39)35-25-9-3-1-4-10-25)13-7-8-14-30(38)34-28-21-17-24(18-22-28)32(40)36-26-11-5-2-6-12-26/h15-22,25-26H,1-14H2,(H,33,37)(H,34,38)(H,35,39)(H,36,40). The summed E-state index contributed by atoms with van der Waals surface area (Å²) in [6.45, 7) is 0. The summed E-state index contributed by atoms with van der Waals surface area (Å²) in [7, 11) is 0. The molecule has 0 heterocycles. The molecule has 2 aromatic rings. The summed E-state index contributed by atoms with van der Waals surface area (Å²) in [5.74, 6) is -0.387. The largest absolute Gasteiger partial charge is 0.349 e. The lowest BCUT2D eigenvalue weighted by Gasteiger charge is -2.22. The van der Waals surface area contributed by atoms with Crippen molar-refractivity contribution in [3.05, 3.63) is 59.7 Å². The molecule has 2 aliphatic carbocycles. The molecule has 0 bridgehead atoms. The van der Waals surface area contributed by atoms with Crippen LogP contribution >= 0.6 is 0 Å². The van der Waals surface area contributed by atoms with Crippen molar-refractivity contribution in [3.63, 3.8) is 0 Å². The van der Waals surface area contributed by atoms with Crippen molar-refractivity contribution in [2.45, 2.75) is 102 Å². The molecule has 0 aromatic heterocycles. The number of benzene rings is 2. The highest BCUT2D eigenvalue weighted by molar-refractivity contribution is 5.97. The first-order valence-corrected chi connectivity index (χ1v) is 14.9. The summed E-state index contributed by atoms with van der Waals surface area (Å²) >= 11 is 0. The van der Waals surface area contributed by atoms with E-state index in [1.54, 1.807) is 48.5 Å². The Morgan fingerprint density at radius 2 is 0.875 bits per heavy atom. The van der Waals surface area contributed by atoms with E-state index in [-0.39, 0.29) is 35.7 Å². The number of rotatable bonds is 11. The predicted octanol–water partition coefficient (Wildman–Crippen LogP) is 5.95. The van der Waals surface area contributed by atoms with Crippen molar-refractivity contribution in [2.24, 2.45) is 0 Å². The monoisotopic (exact) mass is 546 g/mol. The summed E-state index contributed by atoms with van der Waals surface area (Å²) < 4.78 is 0. The number of nitrogens with one attached hydrogen (secondary N) is 4. The molecule has 4 amide bonds. The SMILES string of the molecule is O=C(CCCCC(=O)Nc1ccc(C(=O)NC2CCCCC2)cc1)Nc1ccc(C(=O)NC2CCCCC2)cc1. The number of anilines is 2. The lowest BCUT2D eigenvalue weighted by atomic mass is 9.95. The third-order valence-electron chi connectivity index (χ3n) is 7.80. The molecule has 4 rings (SSSR count). The average Bonchev–Trinajstić information content (AvgIpc) is 2.97. The van der Waals surface area contributed by atoms with Gasteiger partial charge in [0, 0.05) is 47.4 Å². The van der Waals surface area contributed by atoms with Crippen molar-refractivity contribution in [3.8, 4) is 0 Å². The van der Waals surface area contributed by atoms with Gasteiger partial charge in [0.25, 0.3) is 11.8 Å². The topological polar surface area (TPSA) is 116 Å². The smallest absolute Gasteiger partial charge is 0.251 e. The molecule has 4 N–H and O–H groups in total. The molecule has 8 nitrogen and oxygen atoms in total. The zero-order chi connectivity index (χ0) is 28.2. The van der Waals surface area contributed by atoms with E-state index in [0.29, 0.717) is 48.2 Å². The number of hydrogen-bond donors (Lipinski definition) is 4. The van der Waals surface area contributed by atoms with Gasteiger partial charge < -0.3 is 21.3 Å². The molecular formula is C32H42N4O4. The Hall–Kier alpha value is -3.68. The van der Waals surface area contributed by atoms with Crippen LogP contribution in [-0.2, 0) is 9.59 Å². The van der Waals surface area contributed by atoms with Crippen LogP contribution in [0.25, 0.3) is 0 Å². The number of carbonyl (C=O) groups is 4. The summed E-state index contributed by atoms with van der Waals surface area (Å²) in [5.41, 5.74) is 2.47. The van der Waals surface area contributed by atoms with Crippen LogP contribution in [0.1, 0.15) is 111 Å². The molecule has 0 radical (unpaired) electrons. The predicted molar refractivity (Wildman–Crippen MR) is 157 cm³/mol. The zero-order valence-electron chi connectivity index (χ0n) is 23.3. The molecule has 2 fully saturated rings. The molecule has 2 aromatic carbocycles. The Kier molecular flexibility index (Phi) is 11.1. The number of amides is 4. The van der Waals surface area contributed by atoms with Crippen molar-refractivity contribution in [2.75, 3.05) is 10.6 Å². The van der Waals surface area contributed by atoms with Crippen molar-refractivity contribution in [1.29, 1.82) is 0 Å². The zero-order valence-corrected chi connectivity index (χ0v) is 23.3. The Balaban J connectivity index is 1.10. The minimum atomic E-state index is -0.123. The van der Waals surface area contributed by atoms with E-state index in [9.17, 15) is 19.2 Å². The lowest BCUT2D eigenvalue weighted by Crippen LogP contribution is -2.36. The second-order valence-electron chi connectivity index (χ2n) is 11.1. The summed E-state index contributed by atoms with van der Waals surface area (Å²) in [4.78, 5) is 49.5. The van der Waals surface area contributed by atoms with Crippen molar-refractivity contribution < 1.29 is 19.2 Å². The van der Waals surface area contributed by atoms with Crippen LogP contribution in [0.4, 0.5) is 11.4 Å². The van der Waals surface area contributed by atoms with Gasteiger partial charge in [0.1, 0.15) is 0 Å². The molecular weight excluding hydrogens is 504 g/mol. The Morgan fingerprint density at radius 1 is 0.525 bits per heavy atom. The van der Waals surface area contributed by atoms with E-state index in [0.717, 1.165) is 51.4 Å². The van der Waals surface area contributed by atoms with Gasteiger partial charge in [0.05, 0.1) is 0 Å². The van der Waals surface area contributed by atoms with Gasteiger partial charge in [-0.25, -0.2) is 0 Å². The fourth-order valence-corrected chi connectivity index (χ4v) is 5.46. The van der Waals surface area contributed by atoms with E-state index in [2.05, 4.69) is 21.3 Å². The van der Waals surface area contributed by atoms with Crippen LogP contribution in [0, 0.1) is 0 Å². The fraction of sp³-hybridized carbons (Fsp3) is 0.500. The normalized spacial score (nSPS) is 16.1. The highest BCUT2D eigenvalue weighted by Crippen LogP contribution is 2.20. The first kappa shape index (κ1) is 29.3. The van der Waals surface area contributed by atoms with Gasteiger partial charge in [-0.05, 0) is 87.1 Å². The first-order valence-electron chi connectivity index (χ1n) is 14.9. The molecule has 2 saturated carbocycles. The van der Waals surface area contributed by atoms with Gasteiger partial charge in [0.2, 0.25) is 11.8 Å². The van der Waals surface area contributed by atoms with Gasteiger partial charge in [-0.3, -0.25) is 19.2 Å². The minimum Gasteiger partial charge on any atom is -0.349 e. The number of carbonyl (C=O) groups excluding carboxylic acids is 4. The molecule has 0 unspecified atom stereocenters. The first-order chi connectivity index (χ1) is 19.5. The van der Waals surface area contributed by atoms with Gasteiger partial charge in [0.15, 0.2) is 0 Å². The van der Waals surface area contributed by atoms with Gasteiger partial charge in [-0.15, -0.1) is 0 Å². The Morgan fingerprint density at radius 3 is 1.23 bits per heavy atom. The second kappa shape index (κ2) is 15.2. The lowest BCUT2D eigenvalue weighted by molar-refractivity contribution is -0.118. The van der Waals surface area contributed by atoms with Crippen molar-refractivity contribution >= 4 is 35.0 Å². The maximum absolute atomic E-state index is 12.5. The van der Waals surface area contributed by atoms with Crippen LogP contribution in [0.5, 0.6) is 0 Å². The van der Waals surface area contributed by atoms with Gasteiger partial charge in [-0.1, -0.05) is 38.5 Å². The number of unbranched alkanes of at least 4 members (excludes halogenated alkanes) is 1. The summed E-state index contributed by atoms with van der Waals surface area (Å²) in [6, 6.07) is 14.4. The molecule has 8 heteroatoms. The van der Waals surface area contributed by atoms with Crippen LogP contribution in [0.3, 0.4) is 0 Å². The average molecular weight is 547 g/mol. The van der Waals surface area contributed by atoms with E-state index in [4.69, 9.17) is 0 Å². The molecule has 40 heavy (non-hydrogen) atoms. The second-order valence-corrected chi connectivity index (χ2v) is 11.1. The summed E-state index contributed by atoms with van der Waals surface area (Å²) in [6.07, 6.45) is 13.1. The molecule has 0 aliphatic heterocycles. The van der Waals surface area contributed by atoms with Crippen LogP contribution in [-0.4, -0.2) is 35.7 Å². The molecule has 2 aliphatic rings. The van der Waals surface area contributed by atoms with E-state index in [1.807, 2.05) is 0 Å². The van der Waals surface area contributed by atoms with Gasteiger partial charge in [-0.2, -0.15) is 0 Å². The maximum Gasteiger partial charge on any atom is 0.251 e. The van der Waals surface area contributed by atoms with Crippen LogP contribution in [0.2, 0.25) is 0 Å². The maximum atomic E-state index is 12.5. The Bertz CT molecular complexity index is 1040. The number of hydrogen-bond acceptors (Lipinski definition) is 4. The Labute approximate surface area is 237 Å².